The molecule has 6 rings (SSSR count). The minimum Gasteiger partial charge on any atom is -0.481 e. The minimum absolute atomic E-state index is 0.262. The Morgan fingerprint density at radius 1 is 0.880 bits per heavy atom. The van der Waals surface area contributed by atoms with Gasteiger partial charge in [0.05, 0.1) is 30.4 Å². The van der Waals surface area contributed by atoms with E-state index in [1.165, 1.54) is 6.26 Å². The first-order valence-corrected chi connectivity index (χ1v) is 17.7. The van der Waals surface area contributed by atoms with Gasteiger partial charge in [0.2, 0.25) is 17.7 Å². The summed E-state index contributed by atoms with van der Waals surface area (Å²) in [6.07, 6.45) is 4.75. The van der Waals surface area contributed by atoms with Gasteiger partial charge in [-0.05, 0) is 42.3 Å². The lowest BCUT2D eigenvalue weighted by Gasteiger charge is -2.14. The van der Waals surface area contributed by atoms with Crippen LogP contribution in [0.5, 0.6) is 17.5 Å². The maximum Gasteiger partial charge on any atom is 0.324 e. The Balaban J connectivity index is 1.21. The van der Waals surface area contributed by atoms with Gasteiger partial charge in [-0.15, -0.1) is 0 Å². The Morgan fingerprint density at radius 3 is 2.38 bits per heavy atom. The lowest BCUT2D eigenvalue weighted by molar-refractivity contribution is 0.262. The number of hydrogen-bond acceptors (Lipinski definition) is 9. The number of urea groups is 1. The first kappa shape index (κ1) is 33.7. The number of nitrogens with one attached hydrogen (secondary N) is 4. The maximum absolute atomic E-state index is 13.4. The molecule has 0 aliphatic carbocycles. The molecule has 1 unspecified atom stereocenters. The minimum atomic E-state index is -2.43. The number of nitrogens with zero attached hydrogens (tertiary/aromatic N) is 5. The molecule has 256 valence electrons. The molecule has 6 aromatic rings. The van der Waals surface area contributed by atoms with Crippen molar-refractivity contribution in [3.63, 3.8) is 0 Å². The number of rotatable bonds is 10. The predicted octanol–water partition coefficient (Wildman–Crippen LogP) is 7.37. The predicted molar refractivity (Wildman–Crippen MR) is 200 cm³/mol. The highest BCUT2D eigenvalue weighted by Crippen LogP contribution is 2.35. The lowest BCUT2D eigenvalue weighted by Crippen LogP contribution is -2.21. The third kappa shape index (κ3) is 8.10. The quantitative estimate of drug-likeness (QED) is 0.108. The van der Waals surface area contributed by atoms with Crippen molar-refractivity contribution in [3.05, 3.63) is 103 Å². The van der Waals surface area contributed by atoms with E-state index >= 15 is 0 Å². The van der Waals surface area contributed by atoms with Gasteiger partial charge in [-0.2, -0.15) is 10.1 Å². The number of carbonyl (C=O) groups is 1. The normalized spacial score (nSPS) is 12.5. The van der Waals surface area contributed by atoms with Gasteiger partial charge >= 0.3 is 6.03 Å². The van der Waals surface area contributed by atoms with Gasteiger partial charge in [-0.3, -0.25) is 5.32 Å². The molecule has 0 spiro atoms. The highest BCUT2D eigenvalue weighted by atomic mass is 32.2. The van der Waals surface area contributed by atoms with Crippen molar-refractivity contribution < 1.29 is 18.5 Å². The van der Waals surface area contributed by atoms with E-state index in [1.807, 2.05) is 48.5 Å². The zero-order valence-electron chi connectivity index (χ0n) is 28.2. The van der Waals surface area contributed by atoms with Crippen molar-refractivity contribution in [2.45, 2.75) is 26.2 Å². The fourth-order valence-electron chi connectivity index (χ4n) is 5.00. The Bertz CT molecular complexity index is 2280. The van der Waals surface area contributed by atoms with Crippen molar-refractivity contribution >= 4 is 61.2 Å². The number of ether oxygens (including phenoxy) is 2. The van der Waals surface area contributed by atoms with E-state index in [2.05, 4.69) is 62.3 Å². The molecule has 0 saturated carbocycles. The molecule has 3 heterocycles. The molecule has 0 aliphatic heterocycles. The van der Waals surface area contributed by atoms with Crippen LogP contribution in [0.4, 0.5) is 33.6 Å². The Labute approximate surface area is 290 Å². The third-order valence-corrected chi connectivity index (χ3v) is 7.99. The topological polar surface area (TPSA) is 157 Å². The average molecular weight is 692 g/mol. The molecule has 14 heteroatoms. The molecule has 0 saturated heterocycles. The summed E-state index contributed by atoms with van der Waals surface area (Å²) < 4.78 is 28.0. The SMILES string of the molecule is C=S(C)(=O)Nc1cccc(Nc2nccc(Oc3ccc(NC(=O)Nc4cc(C(C)(C)C)nn4-c4ccc(OC)nc4)c4ccccc34)n2)c1. The van der Waals surface area contributed by atoms with Crippen LogP contribution < -0.4 is 30.1 Å². The van der Waals surface area contributed by atoms with Crippen molar-refractivity contribution in [2.24, 2.45) is 0 Å². The van der Waals surface area contributed by atoms with Gasteiger partial charge in [0.15, 0.2) is 0 Å². The lowest BCUT2D eigenvalue weighted by atomic mass is 9.92. The molecular formula is C36H37N9O4S. The zero-order chi connectivity index (χ0) is 35.5. The molecule has 1 atom stereocenters. The summed E-state index contributed by atoms with van der Waals surface area (Å²) in [5.74, 6) is 5.75. The second-order valence-electron chi connectivity index (χ2n) is 12.5. The molecule has 0 aliphatic rings. The molecule has 4 N–H and O–H groups in total. The van der Waals surface area contributed by atoms with Crippen LogP contribution in [0.15, 0.2) is 97.3 Å². The molecule has 50 heavy (non-hydrogen) atoms. The number of anilines is 5. The summed E-state index contributed by atoms with van der Waals surface area (Å²) in [5, 5.41) is 15.4. The number of pyridine rings is 1. The second kappa shape index (κ2) is 13.8. The number of aromatic nitrogens is 5. The van der Waals surface area contributed by atoms with Gasteiger partial charge in [-0.1, -0.05) is 51.1 Å². The van der Waals surface area contributed by atoms with Crippen LogP contribution in [-0.2, 0) is 15.1 Å². The molecule has 0 radical (unpaired) electrons. The standard InChI is InChI=1S/C36H37N9O4S/c1-36(2,3)30-21-31(45(43-30)25-14-17-32(48-4)38-22-25)41-35(46)40-28-15-16-29(27-13-8-7-12-26(27)28)49-33-18-19-37-34(42-33)39-23-10-9-11-24(20-23)44-50(5,6)47/h7-22H,5H2,1-4,6H3,(H,44,47)(H,37,39,42)(H2,40,41,46). The van der Waals surface area contributed by atoms with E-state index in [1.54, 1.807) is 60.6 Å². The van der Waals surface area contributed by atoms with Crippen LogP contribution in [0.2, 0.25) is 0 Å². The first-order chi connectivity index (χ1) is 23.8. The van der Waals surface area contributed by atoms with Crippen molar-refractivity contribution in [1.82, 2.24) is 24.7 Å². The fourth-order valence-corrected chi connectivity index (χ4v) is 5.63. The van der Waals surface area contributed by atoms with Crippen LogP contribution in [0, 0.1) is 0 Å². The number of fused-ring (bicyclic) bond motifs is 1. The van der Waals surface area contributed by atoms with Gasteiger partial charge < -0.3 is 24.8 Å². The van der Waals surface area contributed by atoms with Gasteiger partial charge in [0.25, 0.3) is 0 Å². The summed E-state index contributed by atoms with van der Waals surface area (Å²) in [6.45, 7) is 6.16. The molecule has 3 aromatic heterocycles. The van der Waals surface area contributed by atoms with E-state index in [9.17, 15) is 9.00 Å². The fraction of sp³-hybridized carbons (Fsp3) is 0.167. The maximum atomic E-state index is 13.4. The van der Waals surface area contributed by atoms with E-state index in [-0.39, 0.29) is 5.41 Å². The number of hydrogen-bond donors (Lipinski definition) is 4. The molecule has 3 aromatic carbocycles. The summed E-state index contributed by atoms with van der Waals surface area (Å²) in [7, 11) is -0.882. The smallest absolute Gasteiger partial charge is 0.324 e. The number of benzene rings is 3. The van der Waals surface area contributed by atoms with Crippen LogP contribution in [0.25, 0.3) is 16.5 Å². The highest BCUT2D eigenvalue weighted by molar-refractivity contribution is 8.00. The summed E-state index contributed by atoms with van der Waals surface area (Å²) in [4.78, 5) is 26.6. The number of methoxy groups -OCH3 is 1. The highest BCUT2D eigenvalue weighted by Gasteiger charge is 2.22. The van der Waals surface area contributed by atoms with Crippen LogP contribution in [0.1, 0.15) is 26.5 Å². The molecule has 0 fully saturated rings. The van der Waals surface area contributed by atoms with E-state index in [4.69, 9.17) is 14.6 Å². The van der Waals surface area contributed by atoms with Crippen molar-refractivity contribution in [3.8, 4) is 23.2 Å². The van der Waals surface area contributed by atoms with E-state index in [0.717, 1.165) is 16.5 Å². The summed E-state index contributed by atoms with van der Waals surface area (Å²) in [5.41, 5.74) is 3.11. The average Bonchev–Trinajstić information content (AvgIpc) is 3.50. The Kier molecular flexibility index (Phi) is 9.29. The summed E-state index contributed by atoms with van der Waals surface area (Å²) in [6, 6.07) is 25.0. The van der Waals surface area contributed by atoms with Crippen LogP contribution >= 0.6 is 0 Å². The molecular weight excluding hydrogens is 655 g/mol. The summed E-state index contributed by atoms with van der Waals surface area (Å²) >= 11 is 0. The Morgan fingerprint density at radius 2 is 1.66 bits per heavy atom. The van der Waals surface area contributed by atoms with Gasteiger partial charge in [0, 0.05) is 67.9 Å². The monoisotopic (exact) mass is 691 g/mol. The third-order valence-electron chi connectivity index (χ3n) is 7.32. The molecule has 2 amide bonds. The Hall–Kier alpha value is -6.15. The van der Waals surface area contributed by atoms with E-state index < -0.39 is 15.7 Å². The number of carbonyl (C=O) groups excluding carboxylic acids is 1. The van der Waals surface area contributed by atoms with Crippen LogP contribution in [0.3, 0.4) is 0 Å². The molecule has 13 nitrogen and oxygen atoms in total. The van der Waals surface area contributed by atoms with E-state index in [0.29, 0.717) is 52.0 Å². The second-order valence-corrected chi connectivity index (χ2v) is 14.7. The number of amides is 2. The van der Waals surface area contributed by atoms with Gasteiger partial charge in [-0.25, -0.2) is 23.7 Å². The van der Waals surface area contributed by atoms with Crippen molar-refractivity contribution in [1.29, 1.82) is 0 Å². The largest absolute Gasteiger partial charge is 0.481 e. The van der Waals surface area contributed by atoms with Gasteiger partial charge in [0.1, 0.15) is 11.6 Å². The zero-order valence-corrected chi connectivity index (χ0v) is 29.0. The van der Waals surface area contributed by atoms with Crippen LogP contribution in [-0.4, -0.2) is 54.2 Å². The molecule has 0 bridgehead atoms. The van der Waals surface area contributed by atoms with Crippen molar-refractivity contribution in [2.75, 3.05) is 34.0 Å². The first-order valence-electron chi connectivity index (χ1n) is 15.5.